The second-order valence-electron chi connectivity index (χ2n) is 4.95. The molecule has 3 nitrogen and oxygen atoms in total. The van der Waals surface area contributed by atoms with Crippen LogP contribution in [0.4, 0.5) is 0 Å². The predicted octanol–water partition coefficient (Wildman–Crippen LogP) is 3.86. The fourth-order valence-corrected chi connectivity index (χ4v) is 4.88. The zero-order valence-corrected chi connectivity index (χ0v) is 13.3. The second kappa shape index (κ2) is 5.60. The summed E-state index contributed by atoms with van der Waals surface area (Å²) in [6, 6.07) is 3.10. The van der Waals surface area contributed by atoms with Crippen LogP contribution in [-0.4, -0.2) is 25.3 Å². The third-order valence-electron chi connectivity index (χ3n) is 3.61. The van der Waals surface area contributed by atoms with Crippen LogP contribution in [0.2, 0.25) is 10.0 Å². The Morgan fingerprint density at radius 3 is 2.58 bits per heavy atom. The largest absolute Gasteiger partial charge is 0.244 e. The molecule has 1 aromatic rings. The molecule has 6 heteroatoms. The molecule has 1 fully saturated rings. The summed E-state index contributed by atoms with van der Waals surface area (Å²) in [5, 5.41) is 0.709. The van der Waals surface area contributed by atoms with Gasteiger partial charge in [-0.3, -0.25) is 0 Å². The highest BCUT2D eigenvalue weighted by Crippen LogP contribution is 2.34. The molecule has 0 aromatic heterocycles. The number of rotatable bonds is 2. The van der Waals surface area contributed by atoms with Crippen LogP contribution in [-0.2, 0) is 10.0 Å². The van der Waals surface area contributed by atoms with Crippen LogP contribution < -0.4 is 0 Å². The molecule has 1 saturated heterocycles. The van der Waals surface area contributed by atoms with Crippen LogP contribution in [0.3, 0.4) is 0 Å². The number of hydrogen-bond acceptors (Lipinski definition) is 2. The third-order valence-corrected chi connectivity index (χ3v) is 6.68. The molecule has 106 valence electrons. The summed E-state index contributed by atoms with van der Waals surface area (Å²) in [5.74, 6) is 0. The van der Waals surface area contributed by atoms with Crippen molar-refractivity contribution in [3.63, 3.8) is 0 Å². The van der Waals surface area contributed by atoms with Crippen molar-refractivity contribution in [2.45, 2.75) is 44.0 Å². The van der Waals surface area contributed by atoms with Crippen LogP contribution >= 0.6 is 23.2 Å². The van der Waals surface area contributed by atoms with Crippen molar-refractivity contribution in [1.82, 2.24) is 4.31 Å². The van der Waals surface area contributed by atoms with Gasteiger partial charge in [0.1, 0.15) is 4.90 Å². The molecule has 0 spiro atoms. The van der Waals surface area contributed by atoms with Crippen molar-refractivity contribution in [1.29, 1.82) is 0 Å². The minimum absolute atomic E-state index is 0.0193. The molecule has 1 aromatic carbocycles. The fourth-order valence-electron chi connectivity index (χ4n) is 2.39. The third kappa shape index (κ3) is 2.77. The molecule has 0 bridgehead atoms. The van der Waals surface area contributed by atoms with Gasteiger partial charge in [-0.25, -0.2) is 8.42 Å². The Bertz CT molecular complexity index is 587. The Labute approximate surface area is 124 Å². The maximum absolute atomic E-state index is 12.7. The number of benzene rings is 1. The highest BCUT2D eigenvalue weighted by atomic mass is 35.5. The smallest absolute Gasteiger partial charge is 0.207 e. The van der Waals surface area contributed by atoms with Gasteiger partial charge in [-0.2, -0.15) is 4.31 Å². The number of sulfonamides is 1. The Balaban J connectivity index is 2.48. The lowest BCUT2D eigenvalue weighted by Crippen LogP contribution is -2.42. The minimum atomic E-state index is -3.54. The molecular formula is C13H17Cl2NO2S. The normalized spacial score (nSPS) is 21.6. The van der Waals surface area contributed by atoms with Crippen LogP contribution in [0.15, 0.2) is 17.0 Å². The van der Waals surface area contributed by atoms with E-state index in [4.69, 9.17) is 23.2 Å². The van der Waals surface area contributed by atoms with Crippen LogP contribution in [0.5, 0.6) is 0 Å². The van der Waals surface area contributed by atoms with E-state index in [0.29, 0.717) is 17.1 Å². The Kier molecular flexibility index (Phi) is 4.45. The minimum Gasteiger partial charge on any atom is -0.207 e. The van der Waals surface area contributed by atoms with Gasteiger partial charge < -0.3 is 0 Å². The van der Waals surface area contributed by atoms with E-state index < -0.39 is 10.0 Å². The summed E-state index contributed by atoms with van der Waals surface area (Å²) in [5.41, 5.74) is 0.606. The molecule has 0 saturated carbocycles. The topological polar surface area (TPSA) is 37.4 Å². The predicted molar refractivity (Wildman–Crippen MR) is 78.4 cm³/mol. The van der Waals surface area contributed by atoms with E-state index in [1.54, 1.807) is 17.3 Å². The Morgan fingerprint density at radius 2 is 1.95 bits per heavy atom. The van der Waals surface area contributed by atoms with Gasteiger partial charge in [0, 0.05) is 17.6 Å². The molecule has 2 rings (SSSR count). The first-order valence-corrected chi connectivity index (χ1v) is 8.51. The molecule has 1 heterocycles. The van der Waals surface area contributed by atoms with Crippen molar-refractivity contribution in [2.75, 3.05) is 6.54 Å². The first kappa shape index (κ1) is 15.1. The molecule has 0 amide bonds. The summed E-state index contributed by atoms with van der Waals surface area (Å²) in [6.07, 6.45) is 2.86. The van der Waals surface area contributed by atoms with E-state index in [1.165, 1.54) is 6.07 Å². The quantitative estimate of drug-likeness (QED) is 0.829. The number of nitrogens with zero attached hydrogens (tertiary/aromatic N) is 1. The van der Waals surface area contributed by atoms with Crippen molar-refractivity contribution in [3.05, 3.63) is 27.7 Å². The molecule has 0 radical (unpaired) electrons. The van der Waals surface area contributed by atoms with Gasteiger partial charge in [-0.05, 0) is 44.4 Å². The van der Waals surface area contributed by atoms with Crippen molar-refractivity contribution >= 4 is 33.2 Å². The number of hydrogen-bond donors (Lipinski definition) is 0. The van der Waals surface area contributed by atoms with Gasteiger partial charge in [0.25, 0.3) is 0 Å². The molecule has 0 unspecified atom stereocenters. The van der Waals surface area contributed by atoms with E-state index in [-0.39, 0.29) is 16.0 Å². The van der Waals surface area contributed by atoms with E-state index >= 15 is 0 Å². The second-order valence-corrected chi connectivity index (χ2v) is 7.59. The van der Waals surface area contributed by atoms with Crippen molar-refractivity contribution in [2.24, 2.45) is 0 Å². The van der Waals surface area contributed by atoms with Crippen LogP contribution in [0.1, 0.15) is 31.7 Å². The molecule has 19 heavy (non-hydrogen) atoms. The fraction of sp³-hybridized carbons (Fsp3) is 0.538. The lowest BCUT2D eigenvalue weighted by molar-refractivity contribution is 0.268. The number of halogens is 2. The van der Waals surface area contributed by atoms with Crippen molar-refractivity contribution < 1.29 is 8.42 Å². The highest BCUT2D eigenvalue weighted by Gasteiger charge is 2.32. The van der Waals surface area contributed by atoms with E-state index in [9.17, 15) is 8.42 Å². The molecule has 1 atom stereocenters. The summed E-state index contributed by atoms with van der Waals surface area (Å²) >= 11 is 12.1. The zero-order chi connectivity index (χ0) is 14.2. The number of piperidine rings is 1. The van der Waals surface area contributed by atoms with E-state index in [2.05, 4.69) is 0 Å². The van der Waals surface area contributed by atoms with Gasteiger partial charge in [0.15, 0.2) is 0 Å². The maximum atomic E-state index is 12.7. The van der Waals surface area contributed by atoms with Gasteiger partial charge in [-0.1, -0.05) is 29.6 Å². The molecule has 1 aliphatic rings. The van der Waals surface area contributed by atoms with E-state index in [1.807, 2.05) is 6.92 Å². The Hall–Kier alpha value is -0.290. The monoisotopic (exact) mass is 321 g/mol. The van der Waals surface area contributed by atoms with Gasteiger partial charge in [0.2, 0.25) is 10.0 Å². The zero-order valence-electron chi connectivity index (χ0n) is 11.0. The SMILES string of the molecule is Cc1c(Cl)ccc(S(=O)(=O)N2CCCC[C@@H]2C)c1Cl. The van der Waals surface area contributed by atoms with Gasteiger partial charge in [-0.15, -0.1) is 0 Å². The molecule has 0 N–H and O–H groups in total. The summed E-state index contributed by atoms with van der Waals surface area (Å²) in [7, 11) is -3.54. The van der Waals surface area contributed by atoms with Crippen molar-refractivity contribution in [3.8, 4) is 0 Å². The molecule has 0 aliphatic carbocycles. The van der Waals surface area contributed by atoms with Gasteiger partial charge in [0.05, 0.1) is 5.02 Å². The Morgan fingerprint density at radius 1 is 1.26 bits per heavy atom. The average Bonchev–Trinajstić information content (AvgIpc) is 2.36. The summed E-state index contributed by atoms with van der Waals surface area (Å²) < 4.78 is 26.9. The first-order chi connectivity index (χ1) is 8.85. The first-order valence-electron chi connectivity index (χ1n) is 6.32. The van der Waals surface area contributed by atoms with Crippen LogP contribution in [0, 0.1) is 6.92 Å². The average molecular weight is 322 g/mol. The summed E-state index contributed by atoms with van der Waals surface area (Å²) in [4.78, 5) is 0.157. The molecule has 1 aliphatic heterocycles. The van der Waals surface area contributed by atoms with Gasteiger partial charge >= 0.3 is 0 Å². The highest BCUT2D eigenvalue weighted by molar-refractivity contribution is 7.89. The maximum Gasteiger partial charge on any atom is 0.244 e. The summed E-state index contributed by atoms with van der Waals surface area (Å²) in [6.45, 7) is 4.22. The van der Waals surface area contributed by atoms with E-state index in [0.717, 1.165) is 19.3 Å². The standard InChI is InChI=1S/C13H17Cl2NO2S/c1-9-5-3-4-8-16(9)19(17,18)12-7-6-11(14)10(2)13(12)15/h6-7,9H,3-5,8H2,1-2H3/t9-/m0/s1. The lowest BCUT2D eigenvalue weighted by Gasteiger charge is -2.32. The van der Waals surface area contributed by atoms with Crippen LogP contribution in [0.25, 0.3) is 0 Å². The molecular weight excluding hydrogens is 305 g/mol. The lowest BCUT2D eigenvalue weighted by atomic mass is 10.1.